The molecule has 0 aliphatic carbocycles. The molecule has 2 aromatic carbocycles. The van der Waals surface area contributed by atoms with Crippen molar-refractivity contribution in [3.63, 3.8) is 0 Å². The maximum absolute atomic E-state index is 12.1. The number of rotatable bonds is 6. The van der Waals surface area contributed by atoms with Gasteiger partial charge in [0.05, 0.1) is 4.92 Å². The Balaban J connectivity index is 1.49. The highest BCUT2D eigenvalue weighted by molar-refractivity contribution is 6.31. The number of benzene rings is 2. The van der Waals surface area contributed by atoms with Gasteiger partial charge in [-0.05, 0) is 30.3 Å². The molecule has 1 heterocycles. The molecule has 0 aromatic heterocycles. The smallest absolute Gasteiger partial charge is 0.294 e. The van der Waals surface area contributed by atoms with E-state index in [1.165, 1.54) is 6.07 Å². The molecule has 1 saturated heterocycles. The van der Waals surface area contributed by atoms with Crippen LogP contribution in [-0.4, -0.2) is 48.5 Å². The summed E-state index contributed by atoms with van der Waals surface area (Å²) in [5.41, 5.74) is 1.27. The normalized spacial score (nSPS) is 14.7. The zero-order valence-electron chi connectivity index (χ0n) is 15.1. The first kappa shape index (κ1) is 20.4. The lowest BCUT2D eigenvalue weighted by atomic mass is 10.2. The minimum atomic E-state index is -0.409. The Morgan fingerprint density at radius 3 is 2.46 bits per heavy atom. The molecule has 1 aliphatic heterocycles. The van der Waals surface area contributed by atoms with Gasteiger partial charge in [-0.25, -0.2) is 0 Å². The van der Waals surface area contributed by atoms with E-state index in [0.717, 1.165) is 13.1 Å². The van der Waals surface area contributed by atoms with Crippen molar-refractivity contribution in [3.05, 3.63) is 62.6 Å². The summed E-state index contributed by atoms with van der Waals surface area (Å²) in [6.07, 6.45) is 0.369. The van der Waals surface area contributed by atoms with E-state index in [2.05, 4.69) is 10.2 Å². The van der Waals surface area contributed by atoms with Crippen molar-refractivity contribution in [2.24, 2.45) is 0 Å². The molecule has 0 saturated carbocycles. The third-order valence-electron chi connectivity index (χ3n) is 4.61. The number of nitrogens with one attached hydrogen (secondary N) is 1. The SMILES string of the molecule is O=C(CCN1CCN(c2ccc(Cl)cc2[N+](=O)[O-])CC1)Nc1cccc(Cl)c1. The van der Waals surface area contributed by atoms with Gasteiger partial charge in [-0.1, -0.05) is 29.3 Å². The first-order chi connectivity index (χ1) is 13.4. The summed E-state index contributed by atoms with van der Waals surface area (Å²) in [7, 11) is 0. The number of carbonyl (C=O) groups is 1. The lowest BCUT2D eigenvalue weighted by Gasteiger charge is -2.35. The highest BCUT2D eigenvalue weighted by atomic mass is 35.5. The van der Waals surface area contributed by atoms with Crippen molar-refractivity contribution in [3.8, 4) is 0 Å². The number of nitrogens with zero attached hydrogens (tertiary/aromatic N) is 3. The van der Waals surface area contributed by atoms with Crippen molar-refractivity contribution >= 4 is 46.2 Å². The molecule has 9 heteroatoms. The summed E-state index contributed by atoms with van der Waals surface area (Å²) in [6, 6.07) is 11.8. The number of hydrogen-bond acceptors (Lipinski definition) is 5. The molecule has 7 nitrogen and oxygen atoms in total. The highest BCUT2D eigenvalue weighted by Crippen LogP contribution is 2.31. The molecule has 0 radical (unpaired) electrons. The number of piperazine rings is 1. The van der Waals surface area contributed by atoms with Crippen molar-refractivity contribution in [1.29, 1.82) is 0 Å². The topological polar surface area (TPSA) is 78.7 Å². The fourth-order valence-corrected chi connectivity index (χ4v) is 3.53. The van der Waals surface area contributed by atoms with Crippen molar-refractivity contribution < 1.29 is 9.72 Å². The Morgan fingerprint density at radius 1 is 1.07 bits per heavy atom. The summed E-state index contributed by atoms with van der Waals surface area (Å²) in [5.74, 6) is -0.0713. The van der Waals surface area contributed by atoms with E-state index in [0.29, 0.717) is 47.5 Å². The number of carbonyl (C=O) groups excluding carboxylic acids is 1. The van der Waals surface area contributed by atoms with Crippen LogP contribution in [0.25, 0.3) is 0 Å². The Morgan fingerprint density at radius 2 is 1.79 bits per heavy atom. The Kier molecular flexibility index (Phi) is 6.72. The largest absolute Gasteiger partial charge is 0.363 e. The van der Waals surface area contributed by atoms with Gasteiger partial charge in [-0.15, -0.1) is 0 Å². The molecular weight excluding hydrogens is 403 g/mol. The number of hydrogen-bond donors (Lipinski definition) is 1. The molecule has 1 N–H and O–H groups in total. The van der Waals surface area contributed by atoms with E-state index in [1.54, 1.807) is 36.4 Å². The highest BCUT2D eigenvalue weighted by Gasteiger charge is 2.24. The molecule has 0 atom stereocenters. The third-order valence-corrected chi connectivity index (χ3v) is 5.08. The van der Waals surface area contributed by atoms with Gasteiger partial charge in [0.1, 0.15) is 5.69 Å². The van der Waals surface area contributed by atoms with Gasteiger partial charge in [-0.3, -0.25) is 19.8 Å². The van der Waals surface area contributed by atoms with Crippen LogP contribution in [0.1, 0.15) is 6.42 Å². The molecule has 0 unspecified atom stereocenters. The zero-order valence-corrected chi connectivity index (χ0v) is 16.6. The second-order valence-electron chi connectivity index (χ2n) is 6.53. The third kappa shape index (κ3) is 5.34. The van der Waals surface area contributed by atoms with Gasteiger partial charge in [0.25, 0.3) is 5.69 Å². The summed E-state index contributed by atoms with van der Waals surface area (Å²) >= 11 is 11.8. The molecule has 0 spiro atoms. The number of amides is 1. The molecule has 1 amide bonds. The van der Waals surface area contributed by atoms with Crippen LogP contribution in [0.5, 0.6) is 0 Å². The van der Waals surface area contributed by atoms with E-state index in [9.17, 15) is 14.9 Å². The standard InChI is InChI=1S/C19H20Cl2N4O3/c20-14-2-1-3-16(12-14)22-19(26)6-7-23-8-10-24(11-9-23)17-5-4-15(21)13-18(17)25(27)28/h1-5,12-13H,6-11H2,(H,22,26). The summed E-state index contributed by atoms with van der Waals surface area (Å²) in [6.45, 7) is 3.38. The van der Waals surface area contributed by atoms with Gasteiger partial charge in [0.2, 0.25) is 5.91 Å². The fraction of sp³-hybridized carbons (Fsp3) is 0.316. The van der Waals surface area contributed by atoms with E-state index in [4.69, 9.17) is 23.2 Å². The average molecular weight is 423 g/mol. The number of anilines is 2. The van der Waals surface area contributed by atoms with Crippen LogP contribution < -0.4 is 10.2 Å². The number of halogens is 2. The summed E-state index contributed by atoms with van der Waals surface area (Å²) in [4.78, 5) is 27.2. The molecule has 28 heavy (non-hydrogen) atoms. The van der Waals surface area contributed by atoms with Crippen molar-refractivity contribution in [2.75, 3.05) is 42.9 Å². The van der Waals surface area contributed by atoms with Gasteiger partial charge >= 0.3 is 0 Å². The second kappa shape index (κ2) is 9.23. The van der Waals surface area contributed by atoms with Crippen LogP contribution in [0.2, 0.25) is 10.0 Å². The average Bonchev–Trinajstić information content (AvgIpc) is 2.67. The minimum Gasteiger partial charge on any atom is -0.363 e. The monoisotopic (exact) mass is 422 g/mol. The number of nitro groups is 1. The maximum Gasteiger partial charge on any atom is 0.294 e. The molecule has 1 aliphatic rings. The van der Waals surface area contributed by atoms with Crippen LogP contribution in [-0.2, 0) is 4.79 Å². The summed E-state index contributed by atoms with van der Waals surface area (Å²) in [5, 5.41) is 15.0. The first-order valence-corrected chi connectivity index (χ1v) is 9.64. The Bertz CT molecular complexity index is 870. The molecule has 2 aromatic rings. The predicted molar refractivity (Wildman–Crippen MR) is 111 cm³/mol. The minimum absolute atomic E-state index is 0.0156. The molecule has 148 valence electrons. The van der Waals surface area contributed by atoms with Crippen molar-refractivity contribution in [1.82, 2.24) is 4.90 Å². The molecule has 3 rings (SSSR count). The lowest BCUT2D eigenvalue weighted by Crippen LogP contribution is -2.47. The molecule has 0 bridgehead atoms. The Hall–Kier alpha value is -2.35. The quantitative estimate of drug-likeness (QED) is 0.560. The zero-order chi connectivity index (χ0) is 20.1. The van der Waals surface area contributed by atoms with Crippen LogP contribution in [0.3, 0.4) is 0 Å². The maximum atomic E-state index is 12.1. The Labute approximate surface area is 173 Å². The first-order valence-electron chi connectivity index (χ1n) is 8.89. The predicted octanol–water partition coefficient (Wildman–Crippen LogP) is 4.05. The molecule has 1 fully saturated rings. The number of nitro benzene ring substituents is 1. The van der Waals surface area contributed by atoms with Crippen molar-refractivity contribution in [2.45, 2.75) is 6.42 Å². The van der Waals surface area contributed by atoms with Gasteiger partial charge < -0.3 is 10.2 Å². The van der Waals surface area contributed by atoms with E-state index < -0.39 is 4.92 Å². The van der Waals surface area contributed by atoms with Crippen LogP contribution in [0.15, 0.2) is 42.5 Å². The second-order valence-corrected chi connectivity index (χ2v) is 7.40. The summed E-state index contributed by atoms with van der Waals surface area (Å²) < 4.78 is 0. The van der Waals surface area contributed by atoms with Gasteiger partial charge in [0, 0.05) is 60.9 Å². The van der Waals surface area contributed by atoms with Gasteiger partial charge in [-0.2, -0.15) is 0 Å². The van der Waals surface area contributed by atoms with E-state index in [-0.39, 0.29) is 11.6 Å². The van der Waals surface area contributed by atoms with Crippen LogP contribution in [0, 0.1) is 10.1 Å². The fourth-order valence-electron chi connectivity index (χ4n) is 3.17. The molecular formula is C19H20Cl2N4O3. The van der Waals surface area contributed by atoms with Crippen LogP contribution >= 0.6 is 23.2 Å². The van der Waals surface area contributed by atoms with E-state index in [1.807, 2.05) is 4.90 Å². The van der Waals surface area contributed by atoms with Crippen LogP contribution in [0.4, 0.5) is 17.1 Å². The lowest BCUT2D eigenvalue weighted by molar-refractivity contribution is -0.384. The van der Waals surface area contributed by atoms with Gasteiger partial charge in [0.15, 0.2) is 0 Å². The van der Waals surface area contributed by atoms with E-state index >= 15 is 0 Å².